The monoisotopic (exact) mass is 360 g/mol. The smallest absolute Gasteiger partial charge is 0.134 e. The molecule has 1 aromatic heterocycles. The zero-order chi connectivity index (χ0) is 17.6. The Labute approximate surface area is 157 Å². The molecule has 0 bridgehead atoms. The summed E-state index contributed by atoms with van der Waals surface area (Å²) in [5.74, 6) is 3.78. The van der Waals surface area contributed by atoms with Gasteiger partial charge in [0.1, 0.15) is 16.9 Å². The van der Waals surface area contributed by atoms with E-state index in [9.17, 15) is 0 Å². The van der Waals surface area contributed by atoms with E-state index >= 15 is 0 Å². The van der Waals surface area contributed by atoms with Crippen molar-refractivity contribution in [3.8, 4) is 11.5 Å². The second kappa shape index (κ2) is 7.89. The van der Waals surface area contributed by atoms with Crippen LogP contribution in [0.5, 0.6) is 11.5 Å². The molecule has 26 heavy (non-hydrogen) atoms. The van der Waals surface area contributed by atoms with E-state index in [-0.39, 0.29) is 0 Å². The number of ether oxygens (including phenoxy) is 1. The maximum Gasteiger partial charge on any atom is 0.134 e. The molecule has 0 spiro atoms. The standard InChI is InChI=1S/C21H18N3OS/c1-2-6-19(7-3-1)25-20-10-8-17(9-11-20)23-14-18-15-26-21(24-18)16-5-4-12-22-13-16/h1-13,15,23,26H,14H2/q-1. The van der Waals surface area contributed by atoms with Crippen molar-refractivity contribution in [2.45, 2.75) is 0 Å². The fourth-order valence-corrected chi connectivity index (χ4v) is 3.39. The minimum absolute atomic E-state index is 0.690. The Kier molecular flexibility index (Phi) is 4.98. The van der Waals surface area contributed by atoms with Crippen molar-refractivity contribution >= 4 is 23.2 Å². The lowest BCUT2D eigenvalue weighted by Crippen LogP contribution is -2.11. The van der Waals surface area contributed by atoms with Crippen molar-refractivity contribution < 1.29 is 4.74 Å². The number of nitrogens with one attached hydrogen (secondary N) is 1. The van der Waals surface area contributed by atoms with Gasteiger partial charge in [-0.3, -0.25) is 0 Å². The number of hydrogen-bond donors (Lipinski definition) is 1. The van der Waals surface area contributed by atoms with Gasteiger partial charge in [-0.15, -0.1) is 11.8 Å². The first-order valence-electron chi connectivity index (χ1n) is 8.33. The van der Waals surface area contributed by atoms with E-state index in [1.165, 1.54) is 0 Å². The highest BCUT2D eigenvalue weighted by atomic mass is 32.2. The number of aliphatic imine (C=N–C) groups is 1. The zero-order valence-corrected chi connectivity index (χ0v) is 14.9. The number of thiol groups is 1. The molecule has 0 atom stereocenters. The van der Waals surface area contributed by atoms with Gasteiger partial charge in [-0.05, 0) is 49.1 Å². The molecular weight excluding hydrogens is 342 g/mol. The number of anilines is 1. The summed E-state index contributed by atoms with van der Waals surface area (Å²) in [7, 11) is 0. The third kappa shape index (κ3) is 4.13. The summed E-state index contributed by atoms with van der Waals surface area (Å²) in [5.41, 5.74) is 3.14. The Hall–Kier alpha value is -3.05. The van der Waals surface area contributed by atoms with Crippen LogP contribution in [0.4, 0.5) is 5.69 Å². The first-order valence-corrected chi connectivity index (χ1v) is 9.29. The molecule has 0 unspecified atom stereocenters. The molecule has 4 nitrogen and oxygen atoms in total. The van der Waals surface area contributed by atoms with E-state index in [0.717, 1.165) is 45.6 Å². The second-order valence-electron chi connectivity index (χ2n) is 5.72. The van der Waals surface area contributed by atoms with Crippen molar-refractivity contribution in [1.82, 2.24) is 4.98 Å². The van der Waals surface area contributed by atoms with Crippen LogP contribution in [0, 0.1) is 11.1 Å². The minimum Gasteiger partial charge on any atom is -0.457 e. The summed E-state index contributed by atoms with van der Waals surface area (Å²) in [6.07, 6.45) is 3.62. The molecule has 4 rings (SSSR count). The number of pyridine rings is 1. The van der Waals surface area contributed by atoms with Crippen molar-refractivity contribution in [1.29, 1.82) is 0 Å². The largest absolute Gasteiger partial charge is 0.457 e. The van der Waals surface area contributed by atoms with Crippen molar-refractivity contribution in [3.05, 3.63) is 95.8 Å². The summed E-state index contributed by atoms with van der Waals surface area (Å²) >= 11 is 1.11. The summed E-state index contributed by atoms with van der Waals surface area (Å²) < 4.78 is 5.81. The molecule has 130 valence electrons. The quantitative estimate of drug-likeness (QED) is 0.406. The number of benzene rings is 2. The van der Waals surface area contributed by atoms with E-state index in [0.29, 0.717) is 6.54 Å². The van der Waals surface area contributed by atoms with E-state index in [2.05, 4.69) is 21.0 Å². The van der Waals surface area contributed by atoms with Crippen molar-refractivity contribution in [3.63, 3.8) is 0 Å². The molecule has 0 radical (unpaired) electrons. The third-order valence-corrected chi connectivity index (χ3v) is 4.84. The van der Waals surface area contributed by atoms with Crippen LogP contribution in [0.25, 0.3) is 0 Å². The van der Waals surface area contributed by atoms with E-state index in [1.807, 2.05) is 72.9 Å². The highest BCUT2D eigenvalue weighted by Crippen LogP contribution is 2.25. The molecule has 0 fully saturated rings. The average Bonchev–Trinajstić information content (AvgIpc) is 3.18. The van der Waals surface area contributed by atoms with Crippen LogP contribution in [0.3, 0.4) is 0 Å². The number of aromatic nitrogens is 1. The fourth-order valence-electron chi connectivity index (χ4n) is 2.51. The van der Waals surface area contributed by atoms with Crippen LogP contribution in [-0.2, 0) is 11.8 Å². The molecule has 0 saturated carbocycles. The van der Waals surface area contributed by atoms with Crippen molar-refractivity contribution in [2.75, 3.05) is 11.9 Å². The maximum absolute atomic E-state index is 5.81. The third-order valence-electron chi connectivity index (χ3n) is 3.81. The lowest BCUT2D eigenvalue weighted by molar-refractivity contribution is 0.483. The highest BCUT2D eigenvalue weighted by Gasteiger charge is 2.12. The molecule has 0 saturated heterocycles. The fraction of sp³-hybridized carbons (Fsp3) is 0.0476. The normalized spacial score (nSPS) is 13.1. The van der Waals surface area contributed by atoms with Crippen LogP contribution in [0.15, 0.2) is 84.1 Å². The van der Waals surface area contributed by atoms with Crippen LogP contribution >= 0.6 is 0 Å². The molecule has 0 amide bonds. The predicted octanol–water partition coefficient (Wildman–Crippen LogP) is 4.25. The maximum atomic E-state index is 5.81. The number of para-hydroxylation sites is 1. The Morgan fingerprint density at radius 1 is 0.962 bits per heavy atom. The summed E-state index contributed by atoms with van der Waals surface area (Å²) in [6.45, 7) is 0.690. The van der Waals surface area contributed by atoms with Crippen LogP contribution in [-0.4, -0.2) is 17.2 Å². The molecule has 3 aromatic rings. The summed E-state index contributed by atoms with van der Waals surface area (Å²) in [5, 5.41) is 4.44. The summed E-state index contributed by atoms with van der Waals surface area (Å²) in [6, 6.07) is 21.7. The molecule has 2 aromatic carbocycles. The van der Waals surface area contributed by atoms with Crippen LogP contribution in [0.1, 0.15) is 5.56 Å². The summed E-state index contributed by atoms with van der Waals surface area (Å²) in [4.78, 5) is 8.84. The van der Waals surface area contributed by atoms with E-state index in [4.69, 9.17) is 4.74 Å². The Balaban J connectivity index is 1.32. The van der Waals surface area contributed by atoms with Gasteiger partial charge in [0.2, 0.25) is 0 Å². The van der Waals surface area contributed by atoms with Crippen LogP contribution < -0.4 is 10.1 Å². The van der Waals surface area contributed by atoms with E-state index < -0.39 is 0 Å². The van der Waals surface area contributed by atoms with Gasteiger partial charge in [0, 0.05) is 11.9 Å². The average molecular weight is 360 g/mol. The van der Waals surface area contributed by atoms with Gasteiger partial charge in [0.15, 0.2) is 0 Å². The Bertz CT molecular complexity index is 867. The van der Waals surface area contributed by atoms with Gasteiger partial charge in [-0.1, -0.05) is 29.8 Å². The lowest BCUT2D eigenvalue weighted by Gasteiger charge is -2.12. The molecule has 1 N–H and O–H groups in total. The Morgan fingerprint density at radius 2 is 1.77 bits per heavy atom. The number of nitrogens with zero attached hydrogens (tertiary/aromatic N) is 2. The molecule has 1 aliphatic heterocycles. The van der Waals surface area contributed by atoms with Gasteiger partial charge in [0.25, 0.3) is 0 Å². The topological polar surface area (TPSA) is 46.5 Å². The first-order chi connectivity index (χ1) is 12.9. The van der Waals surface area contributed by atoms with E-state index in [1.54, 1.807) is 6.20 Å². The molecule has 0 aliphatic carbocycles. The molecule has 2 heterocycles. The van der Waals surface area contributed by atoms with Crippen LogP contribution in [0.2, 0.25) is 0 Å². The lowest BCUT2D eigenvalue weighted by atomic mass is 10.2. The SMILES string of the molecule is c1ccc(Oc2ccc(NCC3=N[C-](c4cccnc4)[SH+][CH-]3)cc2)cc1. The molecule has 5 heteroatoms. The Morgan fingerprint density at radius 3 is 2.54 bits per heavy atom. The zero-order valence-electron chi connectivity index (χ0n) is 14.0. The predicted molar refractivity (Wildman–Crippen MR) is 109 cm³/mol. The van der Waals surface area contributed by atoms with Gasteiger partial charge in [0.05, 0.1) is 0 Å². The highest BCUT2D eigenvalue weighted by molar-refractivity contribution is 7.85. The van der Waals surface area contributed by atoms with Gasteiger partial charge >= 0.3 is 0 Å². The van der Waals surface area contributed by atoms with Crippen molar-refractivity contribution in [2.24, 2.45) is 4.99 Å². The minimum atomic E-state index is 0.690. The number of hydrogen-bond acceptors (Lipinski definition) is 4. The van der Waals surface area contributed by atoms with Gasteiger partial charge in [-0.2, -0.15) is 17.5 Å². The second-order valence-corrected chi connectivity index (χ2v) is 6.66. The number of rotatable bonds is 6. The molecular formula is C21H18N3OS-. The molecule has 1 aliphatic rings. The first kappa shape index (κ1) is 16.4. The van der Waals surface area contributed by atoms with Gasteiger partial charge in [-0.25, -0.2) is 0 Å². The van der Waals surface area contributed by atoms with Gasteiger partial charge < -0.3 is 20.0 Å².